The van der Waals surface area contributed by atoms with Crippen molar-refractivity contribution in [2.24, 2.45) is 5.92 Å². The fourth-order valence-corrected chi connectivity index (χ4v) is 3.10. The van der Waals surface area contributed by atoms with Gasteiger partial charge in [-0.2, -0.15) is 5.26 Å². The van der Waals surface area contributed by atoms with Gasteiger partial charge in [-0.3, -0.25) is 0 Å². The Morgan fingerprint density at radius 2 is 2.30 bits per heavy atom. The van der Waals surface area contributed by atoms with E-state index in [1.54, 1.807) is 0 Å². The third-order valence-electron chi connectivity index (χ3n) is 4.15. The van der Waals surface area contributed by atoms with Gasteiger partial charge in [-0.1, -0.05) is 19.8 Å². The maximum absolute atomic E-state index is 9.10. The number of benzene rings is 1. The highest BCUT2D eigenvalue weighted by atomic mass is 35.5. The number of rotatable bonds is 5. The molecular formula is C16H18ClN3. The summed E-state index contributed by atoms with van der Waals surface area (Å²) in [5.74, 6) is 2.20. The number of fused-ring (bicyclic) bond motifs is 1. The van der Waals surface area contributed by atoms with E-state index in [0.717, 1.165) is 29.2 Å². The van der Waals surface area contributed by atoms with Gasteiger partial charge in [0.25, 0.3) is 0 Å². The van der Waals surface area contributed by atoms with Crippen LogP contribution in [0.1, 0.15) is 50.0 Å². The zero-order valence-corrected chi connectivity index (χ0v) is 12.4. The van der Waals surface area contributed by atoms with Crippen molar-refractivity contribution in [3.8, 4) is 6.07 Å². The maximum Gasteiger partial charge on any atom is 0.125 e. The number of hydrogen-bond acceptors (Lipinski definition) is 2. The minimum absolute atomic E-state index is 0.414. The molecule has 3 nitrogen and oxygen atoms in total. The van der Waals surface area contributed by atoms with Crippen molar-refractivity contribution in [1.29, 1.82) is 5.26 Å². The van der Waals surface area contributed by atoms with Crippen LogP contribution in [0.15, 0.2) is 18.2 Å². The third kappa shape index (κ3) is 2.41. The molecule has 0 bridgehead atoms. The second-order valence-electron chi connectivity index (χ2n) is 5.59. The molecule has 0 aliphatic heterocycles. The Morgan fingerprint density at radius 3 is 2.90 bits per heavy atom. The van der Waals surface area contributed by atoms with E-state index in [-0.39, 0.29) is 0 Å². The van der Waals surface area contributed by atoms with Gasteiger partial charge in [0.05, 0.1) is 28.5 Å². The smallest absolute Gasteiger partial charge is 0.125 e. The average Bonchev–Trinajstić information content (AvgIpc) is 3.23. The molecule has 0 spiro atoms. The van der Waals surface area contributed by atoms with E-state index >= 15 is 0 Å². The van der Waals surface area contributed by atoms with Crippen molar-refractivity contribution in [3.63, 3.8) is 0 Å². The van der Waals surface area contributed by atoms with Gasteiger partial charge in [0.1, 0.15) is 5.82 Å². The highest BCUT2D eigenvalue weighted by Crippen LogP contribution is 2.39. The van der Waals surface area contributed by atoms with Crippen LogP contribution >= 0.6 is 11.6 Å². The van der Waals surface area contributed by atoms with Crippen LogP contribution in [0, 0.1) is 17.2 Å². The molecule has 0 N–H and O–H groups in total. The molecule has 2 aromatic rings. The normalized spacial score (nSPS) is 16.2. The zero-order valence-electron chi connectivity index (χ0n) is 11.6. The SMILES string of the molecule is CCC(CC1CC1)n1c(CCl)nc2ccc(C#N)cc21. The summed E-state index contributed by atoms with van der Waals surface area (Å²) in [6, 6.07) is 8.33. The van der Waals surface area contributed by atoms with E-state index in [4.69, 9.17) is 16.9 Å². The van der Waals surface area contributed by atoms with Crippen molar-refractivity contribution in [1.82, 2.24) is 9.55 Å². The molecule has 1 aromatic carbocycles. The first-order valence-electron chi connectivity index (χ1n) is 7.23. The summed E-state index contributed by atoms with van der Waals surface area (Å²) < 4.78 is 2.27. The Balaban J connectivity index is 2.11. The minimum Gasteiger partial charge on any atom is -0.324 e. The number of halogens is 1. The van der Waals surface area contributed by atoms with Crippen LogP contribution < -0.4 is 0 Å². The monoisotopic (exact) mass is 287 g/mol. The molecule has 0 radical (unpaired) electrons. The second kappa shape index (κ2) is 5.46. The predicted octanol–water partition coefficient (Wildman–Crippen LogP) is 4.40. The molecule has 1 aliphatic carbocycles. The predicted molar refractivity (Wildman–Crippen MR) is 80.7 cm³/mol. The summed E-state index contributed by atoms with van der Waals surface area (Å²) in [6.45, 7) is 2.21. The first kappa shape index (κ1) is 13.5. The van der Waals surface area contributed by atoms with Crippen LogP contribution in [0.4, 0.5) is 0 Å². The van der Waals surface area contributed by atoms with Crippen LogP contribution in [-0.2, 0) is 5.88 Å². The molecule has 104 valence electrons. The van der Waals surface area contributed by atoms with E-state index < -0.39 is 0 Å². The number of hydrogen-bond donors (Lipinski definition) is 0. The first-order valence-corrected chi connectivity index (χ1v) is 7.77. The number of nitriles is 1. The Labute approximate surface area is 124 Å². The van der Waals surface area contributed by atoms with E-state index in [0.29, 0.717) is 17.5 Å². The molecule has 1 atom stereocenters. The standard InChI is InChI=1S/C16H18ClN3/c1-2-13(7-11-3-4-11)20-15-8-12(10-18)5-6-14(15)19-16(20)9-17/h5-6,8,11,13H,2-4,7,9H2,1H3. The van der Waals surface area contributed by atoms with Crippen LogP contribution in [0.25, 0.3) is 11.0 Å². The number of alkyl halides is 1. The maximum atomic E-state index is 9.10. The average molecular weight is 288 g/mol. The summed E-state index contributed by atoms with van der Waals surface area (Å²) in [5, 5.41) is 9.10. The summed E-state index contributed by atoms with van der Waals surface area (Å²) in [7, 11) is 0. The van der Waals surface area contributed by atoms with Gasteiger partial charge >= 0.3 is 0 Å². The molecule has 1 fully saturated rings. The van der Waals surface area contributed by atoms with Crippen LogP contribution in [0.2, 0.25) is 0 Å². The van der Waals surface area contributed by atoms with E-state index in [1.165, 1.54) is 19.3 Å². The molecule has 1 heterocycles. The van der Waals surface area contributed by atoms with Gasteiger partial charge in [0.2, 0.25) is 0 Å². The lowest BCUT2D eigenvalue weighted by atomic mass is 10.1. The summed E-state index contributed by atoms with van der Waals surface area (Å²) in [6.07, 6.45) is 4.97. The summed E-state index contributed by atoms with van der Waals surface area (Å²) in [4.78, 5) is 4.62. The van der Waals surface area contributed by atoms with Gasteiger partial charge < -0.3 is 4.57 Å². The Hall–Kier alpha value is -1.53. The molecule has 20 heavy (non-hydrogen) atoms. The Morgan fingerprint density at radius 1 is 1.50 bits per heavy atom. The fraction of sp³-hybridized carbons (Fsp3) is 0.500. The molecule has 1 aliphatic rings. The van der Waals surface area contributed by atoms with E-state index in [9.17, 15) is 0 Å². The number of nitrogens with zero attached hydrogens (tertiary/aromatic N) is 3. The van der Waals surface area contributed by atoms with Crippen LogP contribution in [-0.4, -0.2) is 9.55 Å². The number of aromatic nitrogens is 2. The first-order chi connectivity index (χ1) is 9.76. The quantitative estimate of drug-likeness (QED) is 0.765. The van der Waals surface area contributed by atoms with Gasteiger partial charge in [0.15, 0.2) is 0 Å². The Bertz CT molecular complexity index is 664. The van der Waals surface area contributed by atoms with Crippen molar-refractivity contribution in [2.45, 2.75) is 44.5 Å². The second-order valence-corrected chi connectivity index (χ2v) is 5.86. The van der Waals surface area contributed by atoms with Gasteiger partial charge in [-0.15, -0.1) is 11.6 Å². The lowest BCUT2D eigenvalue weighted by Gasteiger charge is -2.20. The molecule has 3 rings (SSSR count). The van der Waals surface area contributed by atoms with Crippen LogP contribution in [0.3, 0.4) is 0 Å². The minimum atomic E-state index is 0.414. The van der Waals surface area contributed by atoms with Crippen LogP contribution in [0.5, 0.6) is 0 Å². The van der Waals surface area contributed by atoms with Crippen molar-refractivity contribution in [2.75, 3.05) is 0 Å². The number of imidazole rings is 1. The topological polar surface area (TPSA) is 41.6 Å². The van der Waals surface area contributed by atoms with Gasteiger partial charge in [-0.25, -0.2) is 4.98 Å². The molecule has 4 heteroatoms. The van der Waals surface area contributed by atoms with Crippen molar-refractivity contribution in [3.05, 3.63) is 29.6 Å². The Kier molecular flexibility index (Phi) is 3.67. The zero-order chi connectivity index (χ0) is 14.1. The summed E-state index contributed by atoms with van der Waals surface area (Å²) >= 11 is 6.08. The largest absolute Gasteiger partial charge is 0.324 e. The lowest BCUT2D eigenvalue weighted by Crippen LogP contribution is -2.12. The lowest BCUT2D eigenvalue weighted by molar-refractivity contribution is 0.429. The van der Waals surface area contributed by atoms with Crippen molar-refractivity contribution < 1.29 is 0 Å². The summed E-state index contributed by atoms with van der Waals surface area (Å²) in [5.41, 5.74) is 2.67. The highest BCUT2D eigenvalue weighted by Gasteiger charge is 2.27. The van der Waals surface area contributed by atoms with Crippen molar-refractivity contribution >= 4 is 22.6 Å². The fourth-order valence-electron chi connectivity index (χ4n) is 2.91. The van der Waals surface area contributed by atoms with E-state index in [2.05, 4.69) is 22.5 Å². The molecule has 1 unspecified atom stereocenters. The van der Waals surface area contributed by atoms with Gasteiger partial charge in [0, 0.05) is 6.04 Å². The highest BCUT2D eigenvalue weighted by molar-refractivity contribution is 6.16. The molecule has 1 aromatic heterocycles. The third-order valence-corrected chi connectivity index (χ3v) is 4.39. The van der Waals surface area contributed by atoms with Gasteiger partial charge in [-0.05, 0) is 37.0 Å². The molecule has 1 saturated carbocycles. The molecule has 0 saturated heterocycles. The molecule has 0 amide bonds. The van der Waals surface area contributed by atoms with E-state index in [1.807, 2.05) is 18.2 Å². The molecular weight excluding hydrogens is 270 g/mol.